The van der Waals surface area contributed by atoms with E-state index < -0.39 is 0 Å². The van der Waals surface area contributed by atoms with Gasteiger partial charge in [0.05, 0.1) is 33.4 Å². The minimum atomic E-state index is -0.213. The van der Waals surface area contributed by atoms with Crippen molar-refractivity contribution in [3.05, 3.63) is 64.9 Å². The van der Waals surface area contributed by atoms with E-state index in [1.54, 1.807) is 22.2 Å². The lowest BCUT2D eigenvalue weighted by Crippen LogP contribution is -2.14. The average Bonchev–Trinajstić information content (AvgIpc) is 3.53. The Bertz CT molecular complexity index is 1470. The molecule has 0 saturated carbocycles. The third kappa shape index (κ3) is 3.89. The van der Waals surface area contributed by atoms with Crippen molar-refractivity contribution in [1.82, 2.24) is 35.0 Å². The largest absolute Gasteiger partial charge is 0.322 e. The smallest absolute Gasteiger partial charge is 0.256 e. The summed E-state index contributed by atoms with van der Waals surface area (Å²) in [5.41, 5.74) is 4.46. The minimum Gasteiger partial charge on any atom is -0.322 e. The number of pyridine rings is 1. The molecule has 5 aromatic rings. The molecule has 0 bridgehead atoms. The number of hydrogen-bond acceptors (Lipinski definition) is 7. The van der Waals surface area contributed by atoms with Gasteiger partial charge < -0.3 is 5.32 Å². The molecule has 0 radical (unpaired) electrons. The van der Waals surface area contributed by atoms with Gasteiger partial charge in [-0.05, 0) is 80.1 Å². The highest BCUT2D eigenvalue weighted by Gasteiger charge is 2.19. The van der Waals surface area contributed by atoms with Crippen molar-refractivity contribution in [2.24, 2.45) is 0 Å². The van der Waals surface area contributed by atoms with Crippen LogP contribution in [0.5, 0.6) is 0 Å². The second-order valence-electron chi connectivity index (χ2n) is 8.10. The standard InChI is InChI=1S/C23H22N8OS/c1-13(2)31-22-18(11-25-31)17(10-19(27-22)21-8-5-15(4)33-21)23(32)26-16-6-7-20(14(3)9-16)30-12-24-28-29-30/h5-13H,1-4H3,(H,26,32). The van der Waals surface area contributed by atoms with Crippen molar-refractivity contribution in [3.63, 3.8) is 0 Å². The Kier molecular flexibility index (Phi) is 5.21. The first-order valence-electron chi connectivity index (χ1n) is 10.5. The van der Waals surface area contributed by atoms with Gasteiger partial charge in [0.25, 0.3) is 5.91 Å². The predicted octanol–water partition coefficient (Wildman–Crippen LogP) is 4.59. The maximum atomic E-state index is 13.4. The van der Waals surface area contributed by atoms with Gasteiger partial charge in [0.1, 0.15) is 6.33 Å². The summed E-state index contributed by atoms with van der Waals surface area (Å²) >= 11 is 1.65. The van der Waals surface area contributed by atoms with Gasteiger partial charge in [0.2, 0.25) is 0 Å². The fraction of sp³-hybridized carbons (Fsp3) is 0.217. The number of tetrazole rings is 1. The van der Waals surface area contributed by atoms with Gasteiger partial charge in [-0.15, -0.1) is 16.4 Å². The van der Waals surface area contributed by atoms with Crippen molar-refractivity contribution in [2.45, 2.75) is 33.7 Å². The van der Waals surface area contributed by atoms with E-state index in [2.05, 4.69) is 38.9 Å². The van der Waals surface area contributed by atoms with Gasteiger partial charge in [-0.2, -0.15) is 5.10 Å². The topological polar surface area (TPSA) is 103 Å². The van der Waals surface area contributed by atoms with E-state index in [-0.39, 0.29) is 11.9 Å². The molecule has 0 saturated heterocycles. The fourth-order valence-corrected chi connectivity index (χ4v) is 4.57. The molecule has 33 heavy (non-hydrogen) atoms. The summed E-state index contributed by atoms with van der Waals surface area (Å²) in [6.45, 7) is 8.09. The zero-order chi connectivity index (χ0) is 23.1. The van der Waals surface area contributed by atoms with E-state index in [0.29, 0.717) is 16.9 Å². The fourth-order valence-electron chi connectivity index (χ4n) is 3.74. The summed E-state index contributed by atoms with van der Waals surface area (Å²) < 4.78 is 3.43. The lowest BCUT2D eigenvalue weighted by atomic mass is 10.1. The number of rotatable bonds is 5. The van der Waals surface area contributed by atoms with Crippen molar-refractivity contribution in [1.29, 1.82) is 0 Å². The summed E-state index contributed by atoms with van der Waals surface area (Å²) in [6.07, 6.45) is 3.25. The first-order valence-corrected chi connectivity index (χ1v) is 11.3. The highest BCUT2D eigenvalue weighted by molar-refractivity contribution is 7.15. The molecule has 0 atom stereocenters. The molecule has 1 amide bonds. The number of nitrogens with zero attached hydrogens (tertiary/aromatic N) is 7. The SMILES string of the molecule is Cc1ccc(-c2cc(C(=O)Nc3ccc(-n4cnnn4)c(C)c3)c3cnn(C(C)C)c3n2)s1. The first-order chi connectivity index (χ1) is 15.9. The van der Waals surface area contributed by atoms with Crippen LogP contribution in [0.4, 0.5) is 5.69 Å². The van der Waals surface area contributed by atoms with Crippen LogP contribution < -0.4 is 5.32 Å². The molecule has 9 nitrogen and oxygen atoms in total. The van der Waals surface area contributed by atoms with Crippen LogP contribution in [0.1, 0.15) is 40.7 Å². The molecule has 0 aliphatic rings. The summed E-state index contributed by atoms with van der Waals surface area (Å²) in [5.74, 6) is -0.213. The van der Waals surface area contributed by atoms with Crippen LogP contribution in [0.3, 0.4) is 0 Å². The number of fused-ring (bicyclic) bond motifs is 1. The van der Waals surface area contributed by atoms with Gasteiger partial charge in [0, 0.05) is 16.6 Å². The minimum absolute atomic E-state index is 0.118. The van der Waals surface area contributed by atoms with E-state index in [1.165, 1.54) is 11.2 Å². The quantitative estimate of drug-likeness (QED) is 0.413. The normalized spacial score (nSPS) is 11.4. The Labute approximate surface area is 194 Å². The molecule has 0 aliphatic heterocycles. The van der Waals surface area contributed by atoms with Crippen molar-refractivity contribution >= 4 is 34.0 Å². The Morgan fingerprint density at radius 3 is 2.64 bits per heavy atom. The third-order valence-corrected chi connectivity index (χ3v) is 6.37. The van der Waals surface area contributed by atoms with Crippen LogP contribution in [0.15, 0.2) is 48.9 Å². The number of aryl methyl sites for hydroxylation is 2. The van der Waals surface area contributed by atoms with E-state index in [1.807, 2.05) is 55.8 Å². The Balaban J connectivity index is 1.54. The molecule has 5 rings (SSSR count). The van der Waals surface area contributed by atoms with Gasteiger partial charge in [0.15, 0.2) is 5.65 Å². The van der Waals surface area contributed by atoms with Crippen LogP contribution in [-0.4, -0.2) is 40.9 Å². The summed E-state index contributed by atoms with van der Waals surface area (Å²) in [5, 5.41) is 19.5. The number of thiophene rings is 1. The van der Waals surface area contributed by atoms with Crippen LogP contribution in [0.2, 0.25) is 0 Å². The number of benzene rings is 1. The van der Waals surface area contributed by atoms with E-state index in [9.17, 15) is 4.79 Å². The van der Waals surface area contributed by atoms with Gasteiger partial charge in [-0.25, -0.2) is 14.3 Å². The summed E-state index contributed by atoms with van der Waals surface area (Å²) in [7, 11) is 0. The second kappa shape index (κ2) is 8.21. The predicted molar refractivity (Wildman–Crippen MR) is 128 cm³/mol. The Hall–Kier alpha value is -3.92. The number of nitrogens with one attached hydrogen (secondary N) is 1. The van der Waals surface area contributed by atoms with E-state index in [0.717, 1.165) is 27.2 Å². The van der Waals surface area contributed by atoms with E-state index >= 15 is 0 Å². The van der Waals surface area contributed by atoms with Crippen LogP contribution >= 0.6 is 11.3 Å². The van der Waals surface area contributed by atoms with Gasteiger partial charge in [-0.3, -0.25) is 4.79 Å². The molecule has 10 heteroatoms. The third-order valence-electron chi connectivity index (χ3n) is 5.34. The molecule has 0 spiro atoms. The zero-order valence-electron chi connectivity index (χ0n) is 18.6. The molecule has 0 unspecified atom stereocenters. The number of carbonyl (C=O) groups is 1. The highest BCUT2D eigenvalue weighted by atomic mass is 32.1. The number of anilines is 1. The lowest BCUT2D eigenvalue weighted by molar-refractivity contribution is 0.102. The number of carbonyl (C=O) groups excluding carboxylic acids is 1. The maximum absolute atomic E-state index is 13.4. The molecule has 1 aromatic carbocycles. The molecule has 166 valence electrons. The van der Waals surface area contributed by atoms with Gasteiger partial charge >= 0.3 is 0 Å². The van der Waals surface area contributed by atoms with Crippen LogP contribution in [-0.2, 0) is 0 Å². The molecule has 4 heterocycles. The average molecular weight is 459 g/mol. The van der Waals surface area contributed by atoms with Crippen LogP contribution in [0.25, 0.3) is 27.3 Å². The monoisotopic (exact) mass is 458 g/mol. The van der Waals surface area contributed by atoms with Crippen molar-refractivity contribution in [3.8, 4) is 16.3 Å². The molecule has 0 fully saturated rings. The van der Waals surface area contributed by atoms with Crippen molar-refractivity contribution < 1.29 is 4.79 Å². The van der Waals surface area contributed by atoms with E-state index in [4.69, 9.17) is 4.98 Å². The van der Waals surface area contributed by atoms with Gasteiger partial charge in [-0.1, -0.05) is 0 Å². The molecular weight excluding hydrogens is 436 g/mol. The molecular formula is C23H22N8OS. The Morgan fingerprint density at radius 2 is 1.97 bits per heavy atom. The van der Waals surface area contributed by atoms with Crippen molar-refractivity contribution in [2.75, 3.05) is 5.32 Å². The summed E-state index contributed by atoms with van der Waals surface area (Å²) in [6, 6.07) is 11.7. The highest BCUT2D eigenvalue weighted by Crippen LogP contribution is 2.31. The molecule has 1 N–H and O–H groups in total. The number of amides is 1. The zero-order valence-corrected chi connectivity index (χ0v) is 19.5. The summed E-state index contributed by atoms with van der Waals surface area (Å²) in [4.78, 5) is 20.5. The number of hydrogen-bond donors (Lipinski definition) is 1. The maximum Gasteiger partial charge on any atom is 0.256 e. The molecule has 4 aromatic heterocycles. The second-order valence-corrected chi connectivity index (χ2v) is 9.38. The Morgan fingerprint density at radius 1 is 1.12 bits per heavy atom. The number of aromatic nitrogens is 7. The first kappa shape index (κ1) is 21.0. The van der Waals surface area contributed by atoms with Crippen LogP contribution in [0, 0.1) is 13.8 Å². The lowest BCUT2D eigenvalue weighted by Gasteiger charge is -2.12. The molecule has 0 aliphatic carbocycles.